The van der Waals surface area contributed by atoms with Gasteiger partial charge in [-0.25, -0.2) is 4.79 Å². The van der Waals surface area contributed by atoms with Gasteiger partial charge in [0.1, 0.15) is 11.6 Å². The zero-order valence-electron chi connectivity index (χ0n) is 14.7. The molecule has 0 spiro atoms. The molecule has 2 atom stereocenters. The van der Waals surface area contributed by atoms with Crippen LogP contribution in [0, 0.1) is 5.92 Å². The summed E-state index contributed by atoms with van der Waals surface area (Å²) in [7, 11) is 1.78. The van der Waals surface area contributed by atoms with Gasteiger partial charge in [-0.3, -0.25) is 4.79 Å². The van der Waals surface area contributed by atoms with Crippen LogP contribution in [-0.4, -0.2) is 42.1 Å². The number of hydrogen-bond donors (Lipinski definition) is 1. The third-order valence-electron chi connectivity index (χ3n) is 3.37. The van der Waals surface area contributed by atoms with E-state index in [9.17, 15) is 9.59 Å². The average molecular weight is 300 g/mol. The maximum atomic E-state index is 12.5. The molecule has 0 heterocycles. The number of carbonyl (C=O) groups is 2. The first-order chi connectivity index (χ1) is 9.62. The molecule has 124 valence electrons. The van der Waals surface area contributed by atoms with Crippen LogP contribution in [0.5, 0.6) is 0 Å². The van der Waals surface area contributed by atoms with Gasteiger partial charge < -0.3 is 15.0 Å². The molecule has 5 heteroatoms. The van der Waals surface area contributed by atoms with Crippen molar-refractivity contribution < 1.29 is 14.3 Å². The van der Waals surface area contributed by atoms with Gasteiger partial charge in [0.2, 0.25) is 5.91 Å². The predicted octanol–water partition coefficient (Wildman–Crippen LogP) is 3.18. The van der Waals surface area contributed by atoms with Crippen LogP contribution in [0.15, 0.2) is 0 Å². The molecule has 1 N–H and O–H groups in total. The fraction of sp³-hybridized carbons (Fsp3) is 0.875. The van der Waals surface area contributed by atoms with E-state index in [0.29, 0.717) is 6.54 Å². The molecule has 0 bridgehead atoms. The van der Waals surface area contributed by atoms with E-state index in [0.717, 1.165) is 19.3 Å². The lowest BCUT2D eigenvalue weighted by molar-refractivity contribution is -0.133. The highest BCUT2D eigenvalue weighted by Gasteiger charge is 2.30. The average Bonchev–Trinajstić information content (AvgIpc) is 2.38. The first-order valence-corrected chi connectivity index (χ1v) is 7.86. The molecule has 0 aliphatic rings. The van der Waals surface area contributed by atoms with Crippen LogP contribution in [0.3, 0.4) is 0 Å². The van der Waals surface area contributed by atoms with Gasteiger partial charge in [-0.1, -0.05) is 33.6 Å². The van der Waals surface area contributed by atoms with Crippen LogP contribution in [0.25, 0.3) is 0 Å². The molecule has 0 aliphatic heterocycles. The first kappa shape index (κ1) is 19.7. The van der Waals surface area contributed by atoms with Gasteiger partial charge in [0.05, 0.1) is 0 Å². The van der Waals surface area contributed by atoms with Crippen molar-refractivity contribution in [3.63, 3.8) is 0 Å². The molecule has 21 heavy (non-hydrogen) atoms. The largest absolute Gasteiger partial charge is 0.444 e. The Kier molecular flexibility index (Phi) is 8.37. The first-order valence-electron chi connectivity index (χ1n) is 7.86. The van der Waals surface area contributed by atoms with Crippen molar-refractivity contribution in [3.05, 3.63) is 0 Å². The second kappa shape index (κ2) is 8.90. The highest BCUT2D eigenvalue weighted by Crippen LogP contribution is 2.13. The van der Waals surface area contributed by atoms with Crippen LogP contribution in [0.2, 0.25) is 0 Å². The summed E-state index contributed by atoms with van der Waals surface area (Å²) in [6.45, 7) is 12.2. The molecule has 5 nitrogen and oxygen atoms in total. The molecule has 0 aromatic rings. The van der Waals surface area contributed by atoms with Gasteiger partial charge in [-0.05, 0) is 33.1 Å². The molecule has 0 saturated carbocycles. The SMILES string of the molecule is CCCCN(C)C(=O)C(NC(=O)OC(C)(C)C)C(C)CC. The van der Waals surface area contributed by atoms with E-state index >= 15 is 0 Å². The van der Waals surface area contributed by atoms with E-state index in [1.54, 1.807) is 32.7 Å². The molecule has 0 rings (SSSR count). The summed E-state index contributed by atoms with van der Waals surface area (Å²) in [4.78, 5) is 26.1. The number of rotatable bonds is 7. The molecule has 0 radical (unpaired) electrons. The smallest absolute Gasteiger partial charge is 0.408 e. The van der Waals surface area contributed by atoms with Crippen molar-refractivity contribution in [1.29, 1.82) is 0 Å². The van der Waals surface area contributed by atoms with Crippen LogP contribution < -0.4 is 5.32 Å². The second-order valence-electron chi connectivity index (χ2n) is 6.62. The zero-order valence-corrected chi connectivity index (χ0v) is 14.7. The Hall–Kier alpha value is -1.26. The molecular weight excluding hydrogens is 268 g/mol. The van der Waals surface area contributed by atoms with E-state index in [1.165, 1.54) is 0 Å². The topological polar surface area (TPSA) is 58.6 Å². The van der Waals surface area contributed by atoms with Crippen molar-refractivity contribution in [1.82, 2.24) is 10.2 Å². The number of carbonyl (C=O) groups excluding carboxylic acids is 2. The summed E-state index contributed by atoms with van der Waals surface area (Å²) in [6, 6.07) is -0.535. The molecular formula is C16H32N2O3. The minimum atomic E-state index is -0.568. The number of alkyl carbamates (subject to hydrolysis) is 1. The van der Waals surface area contributed by atoms with Crippen molar-refractivity contribution in [3.8, 4) is 0 Å². The molecule has 0 saturated heterocycles. The fourth-order valence-electron chi connectivity index (χ4n) is 1.86. The molecule has 0 aliphatic carbocycles. The monoisotopic (exact) mass is 300 g/mol. The third kappa shape index (κ3) is 7.93. The van der Waals surface area contributed by atoms with Crippen LogP contribution in [0.1, 0.15) is 60.8 Å². The van der Waals surface area contributed by atoms with E-state index in [2.05, 4.69) is 12.2 Å². The second-order valence-corrected chi connectivity index (χ2v) is 6.62. The maximum absolute atomic E-state index is 12.5. The van der Waals surface area contributed by atoms with Gasteiger partial charge in [0, 0.05) is 13.6 Å². The van der Waals surface area contributed by atoms with Crippen molar-refractivity contribution in [2.45, 2.75) is 72.4 Å². The zero-order chi connectivity index (χ0) is 16.6. The highest BCUT2D eigenvalue weighted by atomic mass is 16.6. The third-order valence-corrected chi connectivity index (χ3v) is 3.37. The number of unbranched alkanes of at least 4 members (excludes halogenated alkanes) is 1. The predicted molar refractivity (Wildman–Crippen MR) is 85.2 cm³/mol. The lowest BCUT2D eigenvalue weighted by Gasteiger charge is -2.29. The Morgan fingerprint density at radius 3 is 2.24 bits per heavy atom. The maximum Gasteiger partial charge on any atom is 0.408 e. The standard InChI is InChI=1S/C16H32N2O3/c1-8-10-11-18(7)14(19)13(12(3)9-2)17-15(20)21-16(4,5)6/h12-13H,8-11H2,1-7H3,(H,17,20). The Balaban J connectivity index is 4.80. The normalized spacial score (nSPS) is 14.2. The number of likely N-dealkylation sites (N-methyl/N-ethyl adjacent to an activating group) is 1. The summed E-state index contributed by atoms with van der Waals surface area (Å²) in [5.74, 6) is 0.0118. The van der Waals surface area contributed by atoms with E-state index in [1.807, 2.05) is 13.8 Å². The molecule has 2 unspecified atom stereocenters. The Morgan fingerprint density at radius 2 is 1.81 bits per heavy atom. The molecule has 0 fully saturated rings. The van der Waals surface area contributed by atoms with E-state index in [-0.39, 0.29) is 11.8 Å². The molecule has 0 aromatic carbocycles. The number of hydrogen-bond acceptors (Lipinski definition) is 3. The lowest BCUT2D eigenvalue weighted by atomic mass is 9.98. The van der Waals surface area contributed by atoms with Gasteiger partial charge >= 0.3 is 6.09 Å². The molecule has 2 amide bonds. The van der Waals surface area contributed by atoms with Gasteiger partial charge in [0.15, 0.2) is 0 Å². The van der Waals surface area contributed by atoms with Crippen molar-refractivity contribution in [2.75, 3.05) is 13.6 Å². The quantitative estimate of drug-likeness (QED) is 0.785. The van der Waals surface area contributed by atoms with Crippen LogP contribution >= 0.6 is 0 Å². The summed E-state index contributed by atoms with van der Waals surface area (Å²) < 4.78 is 5.25. The van der Waals surface area contributed by atoms with Crippen molar-refractivity contribution >= 4 is 12.0 Å². The van der Waals surface area contributed by atoms with Crippen molar-refractivity contribution in [2.24, 2.45) is 5.92 Å². The summed E-state index contributed by atoms with van der Waals surface area (Å²) in [5.41, 5.74) is -0.568. The number of ether oxygens (including phenoxy) is 1. The Bertz CT molecular complexity index is 337. The summed E-state index contributed by atoms with van der Waals surface area (Å²) in [6.07, 6.45) is 2.27. The highest BCUT2D eigenvalue weighted by molar-refractivity contribution is 5.85. The van der Waals surface area contributed by atoms with Gasteiger partial charge in [-0.15, -0.1) is 0 Å². The lowest BCUT2D eigenvalue weighted by Crippen LogP contribution is -2.51. The summed E-state index contributed by atoms with van der Waals surface area (Å²) >= 11 is 0. The fourth-order valence-corrected chi connectivity index (χ4v) is 1.86. The number of amides is 2. The van der Waals surface area contributed by atoms with Crippen LogP contribution in [-0.2, 0) is 9.53 Å². The number of nitrogens with one attached hydrogen (secondary N) is 1. The van der Waals surface area contributed by atoms with Gasteiger partial charge in [0.25, 0.3) is 0 Å². The Labute approximate surface area is 129 Å². The Morgan fingerprint density at radius 1 is 1.24 bits per heavy atom. The van der Waals surface area contributed by atoms with E-state index in [4.69, 9.17) is 4.74 Å². The van der Waals surface area contributed by atoms with Gasteiger partial charge in [-0.2, -0.15) is 0 Å². The number of nitrogens with zero attached hydrogens (tertiary/aromatic N) is 1. The minimum absolute atomic E-state index is 0.0522. The molecule has 0 aromatic heterocycles. The van der Waals surface area contributed by atoms with Crippen LogP contribution in [0.4, 0.5) is 4.79 Å². The minimum Gasteiger partial charge on any atom is -0.444 e. The van der Waals surface area contributed by atoms with E-state index < -0.39 is 17.7 Å². The summed E-state index contributed by atoms with van der Waals surface area (Å²) in [5, 5.41) is 2.73.